The fraction of sp³-hybridized carbons (Fsp3) is 0. The summed E-state index contributed by atoms with van der Waals surface area (Å²) in [5.41, 5.74) is 10.6. The monoisotopic (exact) mass is 248 g/mol. The normalized spacial score (nSPS) is 10.6. The minimum absolute atomic E-state index is 0.0892. The summed E-state index contributed by atoms with van der Waals surface area (Å²) < 4.78 is 13.0. The number of hydrogen-bond acceptors (Lipinski definition) is 2. The van der Waals surface area contributed by atoms with Gasteiger partial charge in [-0.25, -0.2) is 4.39 Å². The lowest BCUT2D eigenvalue weighted by Gasteiger charge is -1.98. The van der Waals surface area contributed by atoms with Crippen molar-refractivity contribution >= 4 is 35.4 Å². The van der Waals surface area contributed by atoms with Crippen molar-refractivity contribution in [3.05, 3.63) is 33.6 Å². The molecule has 0 spiro atoms. The van der Waals surface area contributed by atoms with Crippen molar-refractivity contribution in [2.24, 2.45) is 21.7 Å². The molecule has 0 fully saturated rings. The van der Waals surface area contributed by atoms with Crippen LogP contribution in [0.5, 0.6) is 0 Å². The van der Waals surface area contributed by atoms with Gasteiger partial charge in [-0.3, -0.25) is 0 Å². The average molecular weight is 249 g/mol. The van der Waals surface area contributed by atoms with Crippen molar-refractivity contribution in [1.29, 1.82) is 0 Å². The zero-order valence-electron chi connectivity index (χ0n) is 7.42. The van der Waals surface area contributed by atoms with Gasteiger partial charge in [-0.15, -0.1) is 5.10 Å². The SMILES string of the molecule is NC(N)=N/N=C/c1cc(Cl)c(F)c(Cl)c1. The maximum atomic E-state index is 13.0. The summed E-state index contributed by atoms with van der Waals surface area (Å²) >= 11 is 11.1. The second-order valence-electron chi connectivity index (χ2n) is 2.57. The van der Waals surface area contributed by atoms with Crippen LogP contribution in [-0.4, -0.2) is 12.2 Å². The van der Waals surface area contributed by atoms with Crippen molar-refractivity contribution in [3.63, 3.8) is 0 Å². The highest BCUT2D eigenvalue weighted by molar-refractivity contribution is 6.35. The van der Waals surface area contributed by atoms with Crippen LogP contribution in [-0.2, 0) is 0 Å². The van der Waals surface area contributed by atoms with Gasteiger partial charge in [0.25, 0.3) is 0 Å². The maximum Gasteiger partial charge on any atom is 0.211 e. The Kier molecular flexibility index (Phi) is 3.88. The third kappa shape index (κ3) is 3.38. The Balaban J connectivity index is 2.98. The minimum atomic E-state index is -0.669. The lowest BCUT2D eigenvalue weighted by atomic mass is 10.2. The van der Waals surface area contributed by atoms with Crippen molar-refractivity contribution in [3.8, 4) is 0 Å². The van der Waals surface area contributed by atoms with E-state index >= 15 is 0 Å². The molecular formula is C8H7Cl2FN4. The van der Waals surface area contributed by atoms with Gasteiger partial charge in [0.15, 0.2) is 5.82 Å². The van der Waals surface area contributed by atoms with E-state index in [4.69, 9.17) is 34.7 Å². The maximum absolute atomic E-state index is 13.0. The number of nitrogens with zero attached hydrogens (tertiary/aromatic N) is 2. The third-order valence-corrected chi connectivity index (χ3v) is 1.94. The molecule has 0 saturated heterocycles. The second kappa shape index (κ2) is 4.95. The Bertz CT molecular complexity index is 404. The highest BCUT2D eigenvalue weighted by atomic mass is 35.5. The van der Waals surface area contributed by atoms with E-state index in [0.717, 1.165) is 0 Å². The first-order valence-electron chi connectivity index (χ1n) is 3.77. The molecule has 80 valence electrons. The zero-order valence-corrected chi connectivity index (χ0v) is 8.93. The molecule has 0 atom stereocenters. The molecule has 0 aliphatic carbocycles. The van der Waals surface area contributed by atoms with Crippen LogP contribution in [0.1, 0.15) is 5.56 Å². The van der Waals surface area contributed by atoms with Crippen LogP contribution in [0.2, 0.25) is 10.0 Å². The fourth-order valence-corrected chi connectivity index (χ4v) is 1.32. The van der Waals surface area contributed by atoms with Crippen molar-refractivity contribution < 1.29 is 4.39 Å². The van der Waals surface area contributed by atoms with Gasteiger partial charge in [0, 0.05) is 0 Å². The summed E-state index contributed by atoms with van der Waals surface area (Å²) in [5.74, 6) is -0.845. The van der Waals surface area contributed by atoms with Gasteiger partial charge in [0.2, 0.25) is 5.96 Å². The largest absolute Gasteiger partial charge is 0.369 e. The summed E-state index contributed by atoms with van der Waals surface area (Å²) in [7, 11) is 0. The molecule has 0 aliphatic heterocycles. The summed E-state index contributed by atoms with van der Waals surface area (Å²) in [4.78, 5) is 0. The van der Waals surface area contributed by atoms with Gasteiger partial charge in [0.05, 0.1) is 16.3 Å². The van der Waals surface area contributed by atoms with Crippen LogP contribution in [0.3, 0.4) is 0 Å². The Morgan fingerprint density at radius 2 is 1.80 bits per heavy atom. The summed E-state index contributed by atoms with van der Waals surface area (Å²) in [5, 5.41) is 6.71. The molecule has 0 unspecified atom stereocenters. The number of benzene rings is 1. The summed E-state index contributed by atoms with van der Waals surface area (Å²) in [6.45, 7) is 0. The molecule has 15 heavy (non-hydrogen) atoms. The van der Waals surface area contributed by atoms with Crippen LogP contribution in [0.4, 0.5) is 4.39 Å². The van der Waals surface area contributed by atoms with Crippen molar-refractivity contribution in [1.82, 2.24) is 0 Å². The van der Waals surface area contributed by atoms with Crippen molar-refractivity contribution in [2.75, 3.05) is 0 Å². The number of nitrogens with two attached hydrogens (primary N) is 2. The Morgan fingerprint density at radius 1 is 1.27 bits per heavy atom. The Labute approximate surface area is 95.4 Å². The first kappa shape index (κ1) is 11.7. The molecule has 1 aromatic carbocycles. The molecule has 4 nitrogen and oxygen atoms in total. The predicted octanol–water partition coefficient (Wildman–Crippen LogP) is 1.74. The molecule has 7 heteroatoms. The first-order valence-corrected chi connectivity index (χ1v) is 4.53. The molecular weight excluding hydrogens is 242 g/mol. The van der Waals surface area contributed by atoms with E-state index in [0.29, 0.717) is 5.56 Å². The number of guanidine groups is 1. The van der Waals surface area contributed by atoms with E-state index in [1.807, 2.05) is 0 Å². The first-order chi connectivity index (χ1) is 7.00. The van der Waals surface area contributed by atoms with Crippen LogP contribution in [0, 0.1) is 5.82 Å². The topological polar surface area (TPSA) is 76.8 Å². The minimum Gasteiger partial charge on any atom is -0.369 e. The molecule has 0 bridgehead atoms. The summed E-state index contributed by atoms with van der Waals surface area (Å²) in [6.07, 6.45) is 1.30. The molecule has 1 rings (SSSR count). The van der Waals surface area contributed by atoms with E-state index in [1.54, 1.807) is 0 Å². The number of halogens is 3. The van der Waals surface area contributed by atoms with Gasteiger partial charge < -0.3 is 11.5 Å². The fourth-order valence-electron chi connectivity index (χ4n) is 0.812. The highest BCUT2D eigenvalue weighted by Gasteiger charge is 2.05. The number of rotatable bonds is 2. The van der Waals surface area contributed by atoms with E-state index in [2.05, 4.69) is 10.2 Å². The van der Waals surface area contributed by atoms with E-state index < -0.39 is 5.82 Å². The van der Waals surface area contributed by atoms with Crippen molar-refractivity contribution in [2.45, 2.75) is 0 Å². The molecule has 1 aromatic rings. The quantitative estimate of drug-likeness (QED) is 0.362. The smallest absolute Gasteiger partial charge is 0.211 e. The molecule has 0 amide bonds. The van der Waals surface area contributed by atoms with Gasteiger partial charge in [-0.05, 0) is 17.7 Å². The Hall–Kier alpha value is -1.33. The molecule has 0 heterocycles. The molecule has 0 aromatic heterocycles. The predicted molar refractivity (Wildman–Crippen MR) is 59.8 cm³/mol. The zero-order chi connectivity index (χ0) is 11.4. The average Bonchev–Trinajstić information content (AvgIpc) is 2.13. The molecule has 0 saturated carbocycles. The highest BCUT2D eigenvalue weighted by Crippen LogP contribution is 2.23. The second-order valence-corrected chi connectivity index (χ2v) is 3.38. The molecule has 0 aliphatic rings. The van der Waals surface area contributed by atoms with Gasteiger partial charge >= 0.3 is 0 Å². The van der Waals surface area contributed by atoms with Gasteiger partial charge in [-0.2, -0.15) is 5.10 Å². The van der Waals surface area contributed by atoms with Gasteiger partial charge in [-0.1, -0.05) is 23.2 Å². The van der Waals surface area contributed by atoms with E-state index in [-0.39, 0.29) is 16.0 Å². The van der Waals surface area contributed by atoms with Crippen LogP contribution >= 0.6 is 23.2 Å². The molecule has 4 N–H and O–H groups in total. The molecule has 0 radical (unpaired) electrons. The lowest BCUT2D eigenvalue weighted by molar-refractivity contribution is 0.628. The van der Waals surface area contributed by atoms with Crippen LogP contribution in [0.15, 0.2) is 22.3 Å². The Morgan fingerprint density at radius 3 is 2.27 bits per heavy atom. The summed E-state index contributed by atoms with van der Waals surface area (Å²) in [6, 6.07) is 2.71. The number of hydrogen-bond donors (Lipinski definition) is 2. The lowest BCUT2D eigenvalue weighted by Crippen LogP contribution is -2.21. The van der Waals surface area contributed by atoms with E-state index in [9.17, 15) is 4.39 Å². The van der Waals surface area contributed by atoms with Crippen LogP contribution < -0.4 is 11.5 Å². The third-order valence-electron chi connectivity index (χ3n) is 1.39. The standard InChI is InChI=1S/C8H7Cl2FN4/c9-5-1-4(2-6(10)7(5)11)3-14-15-8(12)13/h1-3H,(H4,12,13,15)/b14-3+. The van der Waals surface area contributed by atoms with Crippen LogP contribution in [0.25, 0.3) is 0 Å². The van der Waals surface area contributed by atoms with E-state index in [1.165, 1.54) is 18.3 Å². The van der Waals surface area contributed by atoms with Gasteiger partial charge in [0.1, 0.15) is 0 Å².